The Morgan fingerprint density at radius 3 is 2.59 bits per heavy atom. The lowest BCUT2D eigenvalue weighted by atomic mass is 10.0. The highest BCUT2D eigenvalue weighted by molar-refractivity contribution is 7.21. The van der Waals surface area contributed by atoms with Gasteiger partial charge in [-0.25, -0.2) is 4.98 Å². The molecule has 0 aliphatic heterocycles. The van der Waals surface area contributed by atoms with Gasteiger partial charge in [0.1, 0.15) is 5.01 Å². The smallest absolute Gasteiger partial charge is 0.124 e. The predicted molar refractivity (Wildman–Crippen MR) is 121 cm³/mol. The Morgan fingerprint density at radius 1 is 0.926 bits per heavy atom. The summed E-state index contributed by atoms with van der Waals surface area (Å²) >= 11 is 1.79. The minimum Gasteiger partial charge on any atom is -0.236 e. The van der Waals surface area contributed by atoms with Gasteiger partial charge in [0.15, 0.2) is 0 Å². The highest BCUT2D eigenvalue weighted by atomic mass is 32.1. The van der Waals surface area contributed by atoms with Gasteiger partial charge in [0.05, 0.1) is 10.2 Å². The fourth-order valence-electron chi connectivity index (χ4n) is 3.43. The monoisotopic (exact) mass is 377 g/mol. The molecule has 0 aliphatic carbocycles. The van der Waals surface area contributed by atoms with E-state index in [1.54, 1.807) is 11.3 Å². The number of rotatable bonds is 10. The summed E-state index contributed by atoms with van der Waals surface area (Å²) in [6, 6.07) is 15.2. The molecule has 0 radical (unpaired) electrons. The largest absolute Gasteiger partial charge is 0.236 e. The van der Waals surface area contributed by atoms with Crippen molar-refractivity contribution in [3.05, 3.63) is 65.7 Å². The van der Waals surface area contributed by atoms with Crippen LogP contribution in [0.5, 0.6) is 0 Å². The zero-order chi connectivity index (χ0) is 18.9. The lowest BCUT2D eigenvalue weighted by molar-refractivity contribution is 0.611. The van der Waals surface area contributed by atoms with Crippen LogP contribution in [-0.4, -0.2) is 4.98 Å². The maximum Gasteiger partial charge on any atom is 0.124 e. The first kappa shape index (κ1) is 19.8. The number of aryl methyl sites for hydroxylation is 1. The molecular weight excluding hydrogens is 346 g/mol. The van der Waals surface area contributed by atoms with Crippen LogP contribution in [0.15, 0.2) is 54.6 Å². The molecule has 0 amide bonds. The van der Waals surface area contributed by atoms with E-state index in [9.17, 15) is 0 Å². The van der Waals surface area contributed by atoms with E-state index >= 15 is 0 Å². The summed E-state index contributed by atoms with van der Waals surface area (Å²) in [6.07, 6.45) is 15.1. The van der Waals surface area contributed by atoms with Gasteiger partial charge in [0.2, 0.25) is 0 Å². The Kier molecular flexibility index (Phi) is 7.65. The lowest BCUT2D eigenvalue weighted by Gasteiger charge is -2.06. The van der Waals surface area contributed by atoms with Gasteiger partial charge in [-0.15, -0.1) is 11.3 Å². The molecule has 0 atom stereocenters. The molecule has 1 aromatic heterocycles. The number of nitrogens with zero attached hydrogens (tertiary/aromatic N) is 1. The Balaban J connectivity index is 1.62. The van der Waals surface area contributed by atoms with Crippen molar-refractivity contribution in [3.8, 4) is 10.6 Å². The van der Waals surface area contributed by atoms with E-state index in [-0.39, 0.29) is 0 Å². The zero-order valence-corrected chi connectivity index (χ0v) is 17.5. The average molecular weight is 378 g/mol. The fraction of sp³-hybridized carbons (Fsp3) is 0.400. The first-order valence-electron chi connectivity index (χ1n) is 10.4. The summed E-state index contributed by atoms with van der Waals surface area (Å²) in [5.74, 6) is 0. The second kappa shape index (κ2) is 10.4. The number of hydrogen-bond acceptors (Lipinski definition) is 2. The first-order valence-corrected chi connectivity index (χ1v) is 11.2. The summed E-state index contributed by atoms with van der Waals surface area (Å²) in [4.78, 5) is 4.87. The molecule has 2 heteroatoms. The molecular formula is C25H31NS. The molecule has 3 aromatic rings. The molecule has 0 fully saturated rings. The van der Waals surface area contributed by atoms with Crippen molar-refractivity contribution in [2.24, 2.45) is 0 Å². The van der Waals surface area contributed by atoms with Gasteiger partial charge in [-0.05, 0) is 49.9 Å². The van der Waals surface area contributed by atoms with E-state index in [1.807, 2.05) is 0 Å². The quantitative estimate of drug-likeness (QED) is 0.257. The third-order valence-corrected chi connectivity index (χ3v) is 6.09. The third kappa shape index (κ3) is 5.77. The average Bonchev–Trinajstić information content (AvgIpc) is 3.11. The molecule has 0 aliphatic rings. The highest BCUT2D eigenvalue weighted by Crippen LogP contribution is 2.33. The second-order valence-corrected chi connectivity index (χ2v) is 8.41. The van der Waals surface area contributed by atoms with Crippen molar-refractivity contribution >= 4 is 21.6 Å². The summed E-state index contributed by atoms with van der Waals surface area (Å²) in [6.45, 7) is 4.44. The summed E-state index contributed by atoms with van der Waals surface area (Å²) in [7, 11) is 0. The lowest BCUT2D eigenvalue weighted by Crippen LogP contribution is -1.89. The Bertz CT molecular complexity index is 842. The molecule has 3 rings (SSSR count). The van der Waals surface area contributed by atoms with E-state index in [1.165, 1.54) is 66.3 Å². The summed E-state index contributed by atoms with van der Waals surface area (Å²) in [5.41, 5.74) is 5.06. The molecule has 1 nitrogen and oxygen atoms in total. The molecule has 0 bridgehead atoms. The Hall–Kier alpha value is -1.93. The van der Waals surface area contributed by atoms with Crippen molar-refractivity contribution < 1.29 is 0 Å². The molecule has 2 aromatic carbocycles. The molecule has 0 N–H and O–H groups in total. The molecule has 142 valence electrons. The van der Waals surface area contributed by atoms with Crippen molar-refractivity contribution in [3.63, 3.8) is 0 Å². The van der Waals surface area contributed by atoms with Crippen molar-refractivity contribution in [2.75, 3.05) is 0 Å². The summed E-state index contributed by atoms with van der Waals surface area (Å²) in [5, 5.41) is 1.14. The van der Waals surface area contributed by atoms with Crippen molar-refractivity contribution in [1.29, 1.82) is 0 Å². The normalized spacial score (nSPS) is 11.6. The number of hydrogen-bond donors (Lipinski definition) is 0. The van der Waals surface area contributed by atoms with Crippen LogP contribution in [0.3, 0.4) is 0 Å². The standard InChI is InChI=1S/C25H31NS/c1-3-4-5-6-7-8-9-10-11-14-21-18-17-20(2)19-22(21)25-26-23-15-12-13-16-24(23)27-25/h10-13,15-19H,3-9,14H2,1-2H3/b11-10+. The van der Waals surface area contributed by atoms with Gasteiger partial charge in [0.25, 0.3) is 0 Å². The SMILES string of the molecule is CCCCCCCC/C=C/Cc1ccc(C)cc1-c1nc2ccccc2s1. The van der Waals surface area contributed by atoms with E-state index in [4.69, 9.17) is 4.98 Å². The molecule has 1 heterocycles. The first-order chi connectivity index (χ1) is 13.3. The fourth-order valence-corrected chi connectivity index (χ4v) is 4.44. The number of aromatic nitrogens is 1. The minimum atomic E-state index is 0.987. The second-order valence-electron chi connectivity index (χ2n) is 7.38. The van der Waals surface area contributed by atoms with Crippen molar-refractivity contribution in [1.82, 2.24) is 4.98 Å². The van der Waals surface area contributed by atoms with E-state index < -0.39 is 0 Å². The number of para-hydroxylation sites is 1. The van der Waals surface area contributed by atoms with Gasteiger partial charge >= 0.3 is 0 Å². The third-order valence-electron chi connectivity index (χ3n) is 5.02. The number of unbranched alkanes of at least 4 members (excludes halogenated alkanes) is 6. The molecule has 27 heavy (non-hydrogen) atoms. The minimum absolute atomic E-state index is 0.987. The number of allylic oxidation sites excluding steroid dienone is 2. The molecule has 0 saturated carbocycles. The van der Waals surface area contributed by atoms with Crippen LogP contribution in [0.1, 0.15) is 63.0 Å². The highest BCUT2D eigenvalue weighted by Gasteiger charge is 2.10. The van der Waals surface area contributed by atoms with Gasteiger partial charge < -0.3 is 0 Å². The van der Waals surface area contributed by atoms with Gasteiger partial charge in [-0.2, -0.15) is 0 Å². The topological polar surface area (TPSA) is 12.9 Å². The number of thiazole rings is 1. The van der Waals surface area contributed by atoms with Crippen LogP contribution >= 0.6 is 11.3 Å². The van der Waals surface area contributed by atoms with Gasteiger partial charge in [-0.1, -0.05) is 81.0 Å². The molecule has 0 saturated heterocycles. The van der Waals surface area contributed by atoms with Gasteiger partial charge in [-0.3, -0.25) is 0 Å². The van der Waals surface area contributed by atoms with Crippen LogP contribution in [0, 0.1) is 6.92 Å². The van der Waals surface area contributed by atoms with E-state index in [0.29, 0.717) is 0 Å². The van der Waals surface area contributed by atoms with E-state index in [0.717, 1.165) is 16.9 Å². The van der Waals surface area contributed by atoms with Crippen LogP contribution in [0.25, 0.3) is 20.8 Å². The molecule has 0 spiro atoms. The van der Waals surface area contributed by atoms with E-state index in [2.05, 4.69) is 68.5 Å². The maximum atomic E-state index is 4.87. The number of benzene rings is 2. The summed E-state index contributed by atoms with van der Waals surface area (Å²) < 4.78 is 1.26. The predicted octanol–water partition coefficient (Wildman–Crippen LogP) is 8.12. The van der Waals surface area contributed by atoms with Gasteiger partial charge in [0, 0.05) is 5.56 Å². The molecule has 0 unspecified atom stereocenters. The van der Waals surface area contributed by atoms with Crippen LogP contribution in [0.2, 0.25) is 0 Å². The van der Waals surface area contributed by atoms with Crippen LogP contribution < -0.4 is 0 Å². The van der Waals surface area contributed by atoms with Crippen LogP contribution in [0.4, 0.5) is 0 Å². The maximum absolute atomic E-state index is 4.87. The van der Waals surface area contributed by atoms with Crippen LogP contribution in [-0.2, 0) is 6.42 Å². The number of fused-ring (bicyclic) bond motifs is 1. The zero-order valence-electron chi connectivity index (χ0n) is 16.7. The Morgan fingerprint density at radius 2 is 1.74 bits per heavy atom. The Labute approximate surface area is 168 Å². The van der Waals surface area contributed by atoms with Crippen molar-refractivity contribution in [2.45, 2.75) is 65.2 Å².